The van der Waals surface area contributed by atoms with Crippen molar-refractivity contribution in [1.29, 1.82) is 0 Å². The number of benzene rings is 1. The van der Waals surface area contributed by atoms with Crippen LogP contribution in [0.15, 0.2) is 27.4 Å². The van der Waals surface area contributed by atoms with E-state index in [9.17, 15) is 9.59 Å². The second kappa shape index (κ2) is 7.48. The van der Waals surface area contributed by atoms with Gasteiger partial charge in [0.1, 0.15) is 11.3 Å². The highest BCUT2D eigenvalue weighted by Crippen LogP contribution is 2.31. The number of aryl methyl sites for hydroxylation is 1. The van der Waals surface area contributed by atoms with E-state index in [1.807, 2.05) is 6.92 Å². The second-order valence-corrected chi connectivity index (χ2v) is 7.16. The number of halogens is 1. The first kappa shape index (κ1) is 17.8. The van der Waals surface area contributed by atoms with Crippen LogP contribution in [0.25, 0.3) is 11.0 Å². The predicted molar refractivity (Wildman–Crippen MR) is 97.3 cm³/mol. The van der Waals surface area contributed by atoms with Gasteiger partial charge in [-0.05, 0) is 37.3 Å². The SMILES string of the molecule is Cc1cc(=O)oc2cc(OCC(=O)NC3CCCCC3C)c(Cl)cc12. The Labute approximate surface area is 151 Å². The van der Waals surface area contributed by atoms with Crippen LogP contribution in [0, 0.1) is 12.8 Å². The molecule has 1 aromatic carbocycles. The molecule has 2 aromatic rings. The number of fused-ring (bicyclic) bond motifs is 1. The minimum absolute atomic E-state index is 0.121. The van der Waals surface area contributed by atoms with Crippen molar-refractivity contribution in [2.75, 3.05) is 6.61 Å². The minimum atomic E-state index is -0.428. The van der Waals surface area contributed by atoms with Gasteiger partial charge < -0.3 is 14.5 Å². The van der Waals surface area contributed by atoms with E-state index in [1.54, 1.807) is 12.1 Å². The molecular formula is C19H22ClNO4. The lowest BCUT2D eigenvalue weighted by Gasteiger charge is -2.29. The highest BCUT2D eigenvalue weighted by molar-refractivity contribution is 6.32. The van der Waals surface area contributed by atoms with Gasteiger partial charge in [-0.15, -0.1) is 0 Å². The monoisotopic (exact) mass is 363 g/mol. The Kier molecular flexibility index (Phi) is 5.33. The summed E-state index contributed by atoms with van der Waals surface area (Å²) in [6, 6.07) is 4.87. The molecule has 134 valence electrons. The van der Waals surface area contributed by atoms with Crippen LogP contribution in [0.5, 0.6) is 5.75 Å². The summed E-state index contributed by atoms with van der Waals surface area (Å²) < 4.78 is 10.7. The summed E-state index contributed by atoms with van der Waals surface area (Å²) in [4.78, 5) is 23.7. The van der Waals surface area contributed by atoms with Gasteiger partial charge in [-0.25, -0.2) is 4.79 Å². The molecule has 0 bridgehead atoms. The van der Waals surface area contributed by atoms with Gasteiger partial charge >= 0.3 is 5.63 Å². The van der Waals surface area contributed by atoms with Crippen LogP contribution in [0.4, 0.5) is 0 Å². The largest absolute Gasteiger partial charge is 0.482 e. The summed E-state index contributed by atoms with van der Waals surface area (Å²) in [7, 11) is 0. The molecule has 0 saturated heterocycles. The molecule has 6 heteroatoms. The standard InChI is InChI=1S/C19H22ClNO4/c1-11-5-3-4-6-15(11)21-18(22)10-24-17-9-16-13(8-14(17)20)12(2)7-19(23)25-16/h7-9,11,15H,3-6,10H2,1-2H3,(H,21,22). The highest BCUT2D eigenvalue weighted by Gasteiger charge is 2.23. The zero-order chi connectivity index (χ0) is 18.0. The summed E-state index contributed by atoms with van der Waals surface area (Å²) >= 11 is 6.24. The first-order chi connectivity index (χ1) is 11.9. The average molecular weight is 364 g/mol. The van der Waals surface area contributed by atoms with Gasteiger partial charge in [0.05, 0.1) is 5.02 Å². The van der Waals surface area contributed by atoms with Gasteiger partial charge in [0.2, 0.25) is 0 Å². The van der Waals surface area contributed by atoms with Crippen LogP contribution in [0.1, 0.15) is 38.2 Å². The summed E-state index contributed by atoms with van der Waals surface area (Å²) in [5.74, 6) is 0.648. The van der Waals surface area contributed by atoms with Crippen molar-refractivity contribution in [3.8, 4) is 5.75 Å². The van der Waals surface area contributed by atoms with E-state index in [0.717, 1.165) is 30.2 Å². The van der Waals surface area contributed by atoms with Gasteiger partial charge in [-0.2, -0.15) is 0 Å². The molecule has 1 fully saturated rings. The second-order valence-electron chi connectivity index (χ2n) is 6.75. The maximum Gasteiger partial charge on any atom is 0.336 e. The first-order valence-electron chi connectivity index (χ1n) is 8.60. The Morgan fingerprint density at radius 2 is 2.08 bits per heavy atom. The number of amides is 1. The Morgan fingerprint density at radius 3 is 2.84 bits per heavy atom. The van der Waals surface area contributed by atoms with Crippen molar-refractivity contribution in [2.45, 2.75) is 45.6 Å². The van der Waals surface area contributed by atoms with Gasteiger partial charge in [-0.1, -0.05) is 31.4 Å². The number of rotatable bonds is 4. The average Bonchev–Trinajstić information content (AvgIpc) is 2.56. The molecule has 5 nitrogen and oxygen atoms in total. The lowest BCUT2D eigenvalue weighted by Crippen LogP contribution is -2.43. The summed E-state index contributed by atoms with van der Waals surface area (Å²) in [5.41, 5.74) is 0.747. The van der Waals surface area contributed by atoms with E-state index in [0.29, 0.717) is 22.3 Å². The number of carbonyl (C=O) groups is 1. The highest BCUT2D eigenvalue weighted by atomic mass is 35.5. The molecule has 0 aliphatic heterocycles. The third-order valence-corrected chi connectivity index (χ3v) is 5.12. The van der Waals surface area contributed by atoms with E-state index in [-0.39, 0.29) is 18.6 Å². The summed E-state index contributed by atoms with van der Waals surface area (Å²) in [6.07, 6.45) is 4.52. The third-order valence-electron chi connectivity index (χ3n) is 4.82. The molecule has 1 amide bonds. The Bertz CT molecular complexity index is 845. The van der Waals surface area contributed by atoms with Crippen molar-refractivity contribution >= 4 is 28.5 Å². The molecule has 1 aliphatic carbocycles. The molecule has 3 rings (SSSR count). The lowest BCUT2D eigenvalue weighted by molar-refractivity contribution is -0.124. The van der Waals surface area contributed by atoms with Crippen LogP contribution in [-0.4, -0.2) is 18.6 Å². The Balaban J connectivity index is 1.69. The quantitative estimate of drug-likeness (QED) is 0.838. The number of hydrogen-bond acceptors (Lipinski definition) is 4. The molecule has 2 unspecified atom stereocenters. The molecule has 1 aliphatic rings. The predicted octanol–water partition coefficient (Wildman–Crippen LogP) is 3.83. The Hall–Kier alpha value is -2.01. The van der Waals surface area contributed by atoms with Gasteiger partial charge in [0, 0.05) is 23.6 Å². The van der Waals surface area contributed by atoms with Crippen molar-refractivity contribution < 1.29 is 13.9 Å². The summed E-state index contributed by atoms with van der Waals surface area (Å²) in [5, 5.41) is 4.16. The van der Waals surface area contributed by atoms with E-state index < -0.39 is 5.63 Å². The molecule has 1 saturated carbocycles. The molecule has 2 atom stereocenters. The minimum Gasteiger partial charge on any atom is -0.482 e. The Morgan fingerprint density at radius 1 is 1.32 bits per heavy atom. The van der Waals surface area contributed by atoms with Crippen LogP contribution in [-0.2, 0) is 4.79 Å². The fourth-order valence-corrected chi connectivity index (χ4v) is 3.57. The van der Waals surface area contributed by atoms with E-state index >= 15 is 0 Å². The van der Waals surface area contributed by atoms with Gasteiger partial charge in [0.15, 0.2) is 6.61 Å². The molecule has 1 N–H and O–H groups in total. The fourth-order valence-electron chi connectivity index (χ4n) is 3.35. The van der Waals surface area contributed by atoms with Crippen LogP contribution in [0.3, 0.4) is 0 Å². The molecule has 25 heavy (non-hydrogen) atoms. The van der Waals surface area contributed by atoms with Crippen molar-refractivity contribution in [3.63, 3.8) is 0 Å². The molecule has 1 heterocycles. The number of carbonyl (C=O) groups excluding carboxylic acids is 1. The van der Waals surface area contributed by atoms with Gasteiger partial charge in [-0.3, -0.25) is 4.79 Å². The third kappa shape index (κ3) is 4.15. The van der Waals surface area contributed by atoms with Crippen LogP contribution >= 0.6 is 11.6 Å². The van der Waals surface area contributed by atoms with E-state index in [1.165, 1.54) is 12.5 Å². The topological polar surface area (TPSA) is 68.5 Å². The van der Waals surface area contributed by atoms with E-state index in [4.69, 9.17) is 20.8 Å². The van der Waals surface area contributed by atoms with Crippen LogP contribution in [0.2, 0.25) is 5.02 Å². The molecule has 0 radical (unpaired) electrons. The van der Waals surface area contributed by atoms with Crippen molar-refractivity contribution in [2.24, 2.45) is 5.92 Å². The normalized spacial score (nSPS) is 20.4. The number of ether oxygens (including phenoxy) is 1. The first-order valence-corrected chi connectivity index (χ1v) is 8.98. The molecule has 1 aromatic heterocycles. The van der Waals surface area contributed by atoms with E-state index in [2.05, 4.69) is 12.2 Å². The zero-order valence-electron chi connectivity index (χ0n) is 14.4. The number of nitrogens with one attached hydrogen (secondary N) is 1. The molecule has 0 spiro atoms. The number of hydrogen-bond donors (Lipinski definition) is 1. The smallest absolute Gasteiger partial charge is 0.336 e. The fraction of sp³-hybridized carbons (Fsp3) is 0.474. The van der Waals surface area contributed by atoms with Crippen molar-refractivity contribution in [1.82, 2.24) is 5.32 Å². The van der Waals surface area contributed by atoms with Crippen LogP contribution < -0.4 is 15.7 Å². The molecular weight excluding hydrogens is 342 g/mol. The summed E-state index contributed by atoms with van der Waals surface area (Å²) in [6.45, 7) is 3.86. The van der Waals surface area contributed by atoms with Crippen molar-refractivity contribution in [3.05, 3.63) is 39.2 Å². The maximum atomic E-state index is 12.2. The van der Waals surface area contributed by atoms with Gasteiger partial charge in [0.25, 0.3) is 5.91 Å². The zero-order valence-corrected chi connectivity index (χ0v) is 15.2. The maximum absolute atomic E-state index is 12.2. The lowest BCUT2D eigenvalue weighted by atomic mass is 9.86.